The molecule has 10 heavy (non-hydrogen) atoms. The normalized spacial score (nSPS) is 10.2. The molecule has 0 rings (SSSR count). The molecule has 0 aromatic heterocycles. The van der Waals surface area contributed by atoms with E-state index >= 15 is 0 Å². The van der Waals surface area contributed by atoms with Gasteiger partial charge in [-0.1, -0.05) is 39.5 Å². The van der Waals surface area contributed by atoms with Crippen molar-refractivity contribution in [2.45, 2.75) is 27.7 Å². The van der Waals surface area contributed by atoms with Crippen molar-refractivity contribution in [1.29, 1.82) is 0 Å². The molecule has 2 heteroatoms. The Bertz CT molecular complexity index is 54.3. The molecule has 0 aliphatic heterocycles. The second-order valence-electron chi connectivity index (χ2n) is 3.38. The number of hydrogen-bond donors (Lipinski definition) is 0. The Hall–Kier alpha value is 1.03. The average molecular weight is 152 g/mol. The summed E-state index contributed by atoms with van der Waals surface area (Å²) in [7, 11) is 1.63. The predicted octanol–water partition coefficient (Wildman–Crippen LogP) is 0.249. The van der Waals surface area contributed by atoms with Crippen molar-refractivity contribution in [3.63, 3.8) is 0 Å². The Morgan fingerprint density at radius 2 is 1.20 bits per heavy atom. The van der Waals surface area contributed by atoms with Crippen molar-refractivity contribution in [3.05, 3.63) is 0 Å². The minimum absolute atomic E-state index is 0. The molecule has 0 aromatic rings. The molecular weight excluding hydrogens is 134 g/mol. The Morgan fingerprint density at radius 1 is 0.900 bits per heavy atom. The molecule has 0 saturated carbocycles. The first-order valence-electron chi connectivity index (χ1n) is 3.76. The molecule has 0 heterocycles. The Labute approximate surface area is 79.5 Å². The van der Waals surface area contributed by atoms with Gasteiger partial charge in [-0.3, -0.25) is 0 Å². The van der Waals surface area contributed by atoms with Gasteiger partial charge in [-0.15, -0.1) is 0 Å². The summed E-state index contributed by atoms with van der Waals surface area (Å²) in [5.41, 5.74) is 0. The average Bonchev–Trinajstić information content (AvgIpc) is 1.63. The minimum atomic E-state index is 0. The van der Waals surface area contributed by atoms with Crippen LogP contribution in [0.4, 0.5) is 0 Å². The first-order valence-corrected chi connectivity index (χ1v) is 5.02. The van der Waals surface area contributed by atoms with Gasteiger partial charge in [-0.05, 0) is 0 Å². The fourth-order valence-electron chi connectivity index (χ4n) is 0.591. The third-order valence-corrected chi connectivity index (χ3v) is 2.97. The first-order chi connectivity index (χ1) is 4.13. The van der Waals surface area contributed by atoms with Crippen LogP contribution in [-0.2, 0) is 0 Å². The quantitative estimate of drug-likeness (QED) is 0.400. The molecular formula is C8H18LiP. The van der Waals surface area contributed by atoms with Crippen LogP contribution in [0.2, 0.25) is 0 Å². The van der Waals surface area contributed by atoms with Crippen LogP contribution in [0.5, 0.6) is 0 Å². The Balaban J connectivity index is 0. The fraction of sp³-hybridized carbons (Fsp3) is 1.00. The molecule has 0 aliphatic carbocycles. The van der Waals surface area contributed by atoms with Crippen LogP contribution >= 0.6 is 8.58 Å². The van der Waals surface area contributed by atoms with E-state index in [0.717, 1.165) is 11.8 Å². The Kier molecular flexibility index (Phi) is 11.1. The van der Waals surface area contributed by atoms with Crippen LogP contribution in [-0.4, -0.2) is 12.3 Å². The smallest absolute Gasteiger partial charge is 0.539 e. The van der Waals surface area contributed by atoms with Crippen LogP contribution in [0, 0.1) is 11.8 Å². The summed E-state index contributed by atoms with van der Waals surface area (Å²) in [6.07, 6.45) is 2.75. The van der Waals surface area contributed by atoms with Crippen LogP contribution in [0.3, 0.4) is 0 Å². The van der Waals surface area contributed by atoms with E-state index in [1.54, 1.807) is 8.58 Å². The molecule has 0 bridgehead atoms. The van der Waals surface area contributed by atoms with Gasteiger partial charge in [0.1, 0.15) is 0 Å². The van der Waals surface area contributed by atoms with Crippen molar-refractivity contribution in [3.8, 4) is 0 Å². The number of hydrogen-bond acceptors (Lipinski definition) is 0. The summed E-state index contributed by atoms with van der Waals surface area (Å²) in [4.78, 5) is 0. The van der Waals surface area contributed by atoms with E-state index in [4.69, 9.17) is 0 Å². The fourth-order valence-corrected chi connectivity index (χ4v) is 1.77. The maximum atomic E-state index is 2.29. The summed E-state index contributed by atoms with van der Waals surface area (Å²) in [5.74, 6) is 1.76. The van der Waals surface area contributed by atoms with Gasteiger partial charge in [0.25, 0.3) is 0 Å². The standard InChI is InChI=1S/C8H18P.Li/c1-7(2)5-9-6-8(3)4;/h7-8H,5-6H2,1-4H3;/q-1;+1. The van der Waals surface area contributed by atoms with Gasteiger partial charge in [-0.25, -0.2) is 0 Å². The molecule has 0 atom stereocenters. The van der Waals surface area contributed by atoms with Gasteiger partial charge < -0.3 is 8.58 Å². The maximum Gasteiger partial charge on any atom is 1.00 e. The summed E-state index contributed by atoms with van der Waals surface area (Å²) >= 11 is 0. The summed E-state index contributed by atoms with van der Waals surface area (Å²) in [6, 6.07) is 0. The third kappa shape index (κ3) is 11.8. The molecule has 0 fully saturated rings. The van der Waals surface area contributed by atoms with Gasteiger partial charge >= 0.3 is 18.9 Å². The molecule has 0 unspecified atom stereocenters. The molecule has 0 amide bonds. The summed E-state index contributed by atoms with van der Waals surface area (Å²) in [6.45, 7) is 9.14. The largest absolute Gasteiger partial charge is 1.00 e. The monoisotopic (exact) mass is 152 g/mol. The molecule has 0 aliphatic rings. The van der Waals surface area contributed by atoms with Crippen molar-refractivity contribution >= 4 is 8.58 Å². The zero-order valence-electron chi connectivity index (χ0n) is 8.02. The molecule has 0 nitrogen and oxygen atoms in total. The van der Waals surface area contributed by atoms with E-state index < -0.39 is 0 Å². The van der Waals surface area contributed by atoms with E-state index in [1.807, 2.05) is 0 Å². The van der Waals surface area contributed by atoms with Crippen molar-refractivity contribution in [2.24, 2.45) is 11.8 Å². The second-order valence-corrected chi connectivity index (χ2v) is 4.55. The second kappa shape index (κ2) is 8.13. The van der Waals surface area contributed by atoms with Crippen molar-refractivity contribution < 1.29 is 18.9 Å². The third-order valence-electron chi connectivity index (χ3n) is 0.988. The maximum absolute atomic E-state index is 2.29. The van der Waals surface area contributed by atoms with E-state index in [9.17, 15) is 0 Å². The molecule has 0 spiro atoms. The van der Waals surface area contributed by atoms with E-state index in [0.29, 0.717) is 0 Å². The molecule has 0 saturated heterocycles. The first kappa shape index (κ1) is 13.6. The van der Waals surface area contributed by atoms with Crippen LogP contribution < -0.4 is 18.9 Å². The molecule has 0 N–H and O–H groups in total. The zero-order valence-corrected chi connectivity index (χ0v) is 8.91. The molecule has 56 valence electrons. The summed E-state index contributed by atoms with van der Waals surface area (Å²) < 4.78 is 0. The van der Waals surface area contributed by atoms with Crippen LogP contribution in [0.1, 0.15) is 27.7 Å². The topological polar surface area (TPSA) is 0 Å². The van der Waals surface area contributed by atoms with Gasteiger partial charge in [-0.2, -0.15) is 12.3 Å². The minimum Gasteiger partial charge on any atom is -0.539 e. The van der Waals surface area contributed by atoms with E-state index in [-0.39, 0.29) is 18.9 Å². The van der Waals surface area contributed by atoms with E-state index in [1.165, 1.54) is 12.3 Å². The summed E-state index contributed by atoms with van der Waals surface area (Å²) in [5, 5.41) is 0. The van der Waals surface area contributed by atoms with Crippen LogP contribution in [0.25, 0.3) is 0 Å². The number of rotatable bonds is 4. The van der Waals surface area contributed by atoms with Gasteiger partial charge in [0, 0.05) is 0 Å². The van der Waals surface area contributed by atoms with Crippen molar-refractivity contribution in [1.82, 2.24) is 0 Å². The molecule has 0 radical (unpaired) electrons. The SMILES string of the molecule is CC(C)C[P-]CC(C)C.[Li+]. The molecule has 0 aromatic carbocycles. The van der Waals surface area contributed by atoms with E-state index in [2.05, 4.69) is 27.7 Å². The van der Waals surface area contributed by atoms with Crippen molar-refractivity contribution in [2.75, 3.05) is 12.3 Å². The van der Waals surface area contributed by atoms with Crippen LogP contribution in [0.15, 0.2) is 0 Å². The van der Waals surface area contributed by atoms with Gasteiger partial charge in [0.05, 0.1) is 0 Å². The van der Waals surface area contributed by atoms with Gasteiger partial charge in [0.15, 0.2) is 0 Å². The zero-order chi connectivity index (χ0) is 7.28. The van der Waals surface area contributed by atoms with Gasteiger partial charge in [0.2, 0.25) is 0 Å². The predicted molar refractivity (Wildman–Crippen MR) is 46.3 cm³/mol. The Morgan fingerprint density at radius 3 is 1.40 bits per heavy atom.